The van der Waals surface area contributed by atoms with Crippen LogP contribution >= 0.6 is 11.6 Å². The number of imide groups is 1. The average molecular weight is 253 g/mol. The molecule has 0 radical (unpaired) electrons. The van der Waals surface area contributed by atoms with Crippen LogP contribution in [-0.4, -0.2) is 18.5 Å². The van der Waals surface area contributed by atoms with Crippen LogP contribution in [-0.2, 0) is 10.3 Å². The van der Waals surface area contributed by atoms with E-state index in [1.807, 2.05) is 0 Å². The number of carbonyl (C=O) groups excluding carboxylic acids is 2. The highest BCUT2D eigenvalue weighted by Crippen LogP contribution is 2.40. The molecule has 1 aromatic carbocycles. The summed E-state index contributed by atoms with van der Waals surface area (Å²) in [6.45, 7) is 0.377. The Morgan fingerprint density at radius 2 is 2.18 bits per heavy atom. The fourth-order valence-corrected chi connectivity index (χ4v) is 2.44. The van der Waals surface area contributed by atoms with E-state index in [1.165, 1.54) is 0 Å². The molecule has 2 heterocycles. The van der Waals surface area contributed by atoms with Crippen molar-refractivity contribution in [3.63, 3.8) is 0 Å². The van der Waals surface area contributed by atoms with Gasteiger partial charge >= 0.3 is 6.03 Å². The van der Waals surface area contributed by atoms with Crippen molar-refractivity contribution in [1.82, 2.24) is 10.6 Å². The molecule has 3 rings (SSSR count). The maximum atomic E-state index is 11.9. The van der Waals surface area contributed by atoms with Crippen LogP contribution in [0.2, 0.25) is 5.02 Å². The molecule has 5 nitrogen and oxygen atoms in total. The Morgan fingerprint density at radius 1 is 1.35 bits per heavy atom. The summed E-state index contributed by atoms with van der Waals surface area (Å²) >= 11 is 5.92. The largest absolute Gasteiger partial charge is 0.493 e. The number of rotatable bonds is 0. The van der Waals surface area contributed by atoms with Crippen molar-refractivity contribution in [2.75, 3.05) is 6.61 Å². The van der Waals surface area contributed by atoms with Gasteiger partial charge in [-0.2, -0.15) is 0 Å². The molecule has 3 amide bonds. The molecule has 0 aromatic heterocycles. The highest BCUT2D eigenvalue weighted by molar-refractivity contribution is 6.30. The zero-order chi connectivity index (χ0) is 12.0. The second kappa shape index (κ2) is 3.37. The van der Waals surface area contributed by atoms with E-state index < -0.39 is 11.6 Å². The zero-order valence-electron chi connectivity index (χ0n) is 8.75. The number of amides is 3. The fraction of sp³-hybridized carbons (Fsp3) is 0.273. The first kappa shape index (κ1) is 10.4. The summed E-state index contributed by atoms with van der Waals surface area (Å²) in [7, 11) is 0. The van der Waals surface area contributed by atoms with E-state index in [9.17, 15) is 9.59 Å². The summed E-state index contributed by atoms with van der Waals surface area (Å²) in [6, 6.07) is 4.56. The van der Waals surface area contributed by atoms with Gasteiger partial charge in [-0.05, 0) is 18.2 Å². The second-order valence-corrected chi connectivity index (χ2v) is 4.49. The quantitative estimate of drug-likeness (QED) is 0.681. The standard InChI is InChI=1S/C11H9ClN2O3/c12-6-1-2-8-7(5-6)11(3-4-17-8)9(15)13-10(16)14-11/h1-2,5H,3-4H2,(H2,13,14,15,16)/t11-/m1/s1. The minimum atomic E-state index is -1.03. The van der Waals surface area contributed by atoms with Gasteiger partial charge in [0.25, 0.3) is 5.91 Å². The van der Waals surface area contributed by atoms with Gasteiger partial charge in [-0.3, -0.25) is 10.1 Å². The number of halogens is 1. The van der Waals surface area contributed by atoms with Crippen LogP contribution < -0.4 is 15.4 Å². The Hall–Kier alpha value is -1.75. The molecular formula is C11H9ClN2O3. The number of ether oxygens (including phenoxy) is 1. The molecule has 1 aromatic rings. The Labute approximate surface area is 102 Å². The van der Waals surface area contributed by atoms with Crippen molar-refractivity contribution < 1.29 is 14.3 Å². The predicted molar refractivity (Wildman–Crippen MR) is 59.9 cm³/mol. The lowest BCUT2D eigenvalue weighted by Gasteiger charge is -2.32. The number of fused-ring (bicyclic) bond motifs is 2. The van der Waals surface area contributed by atoms with E-state index in [2.05, 4.69) is 10.6 Å². The van der Waals surface area contributed by atoms with Gasteiger partial charge < -0.3 is 10.1 Å². The number of hydrogen-bond acceptors (Lipinski definition) is 3. The molecule has 1 spiro atoms. The number of carbonyl (C=O) groups is 2. The molecule has 2 aliphatic rings. The Morgan fingerprint density at radius 3 is 2.88 bits per heavy atom. The number of benzene rings is 1. The summed E-state index contributed by atoms with van der Waals surface area (Å²) in [5.41, 5.74) is -0.421. The van der Waals surface area contributed by atoms with E-state index in [0.29, 0.717) is 29.4 Å². The Kier molecular flexibility index (Phi) is 2.06. The molecule has 2 N–H and O–H groups in total. The zero-order valence-corrected chi connectivity index (χ0v) is 9.50. The fourth-order valence-electron chi connectivity index (χ4n) is 2.27. The van der Waals surface area contributed by atoms with Crippen LogP contribution in [0.1, 0.15) is 12.0 Å². The normalized spacial score (nSPS) is 26.2. The summed E-state index contributed by atoms with van der Waals surface area (Å²) in [6.07, 6.45) is 0.401. The molecule has 6 heteroatoms. The van der Waals surface area contributed by atoms with Crippen molar-refractivity contribution >= 4 is 23.5 Å². The minimum absolute atomic E-state index is 0.352. The maximum absolute atomic E-state index is 11.9. The first-order valence-corrected chi connectivity index (χ1v) is 5.56. The molecule has 1 saturated heterocycles. The smallest absolute Gasteiger partial charge is 0.322 e. The van der Waals surface area contributed by atoms with E-state index >= 15 is 0 Å². The van der Waals surface area contributed by atoms with Crippen LogP contribution in [0.25, 0.3) is 0 Å². The molecule has 0 aliphatic carbocycles. The van der Waals surface area contributed by atoms with Crippen LogP contribution in [0.3, 0.4) is 0 Å². The molecule has 1 fully saturated rings. The third-order valence-electron chi connectivity index (χ3n) is 3.08. The summed E-state index contributed by atoms with van der Waals surface area (Å²) < 4.78 is 5.46. The van der Waals surface area contributed by atoms with Crippen molar-refractivity contribution in [2.45, 2.75) is 12.0 Å². The number of urea groups is 1. The molecule has 88 valence electrons. The molecule has 0 bridgehead atoms. The van der Waals surface area contributed by atoms with Gasteiger partial charge in [-0.1, -0.05) is 11.6 Å². The molecule has 0 saturated carbocycles. The summed E-state index contributed by atoms with van der Waals surface area (Å²) in [5.74, 6) is 0.229. The molecular weight excluding hydrogens is 244 g/mol. The average Bonchev–Trinajstić information content (AvgIpc) is 2.56. The summed E-state index contributed by atoms with van der Waals surface area (Å²) in [4.78, 5) is 23.2. The number of nitrogens with one attached hydrogen (secondary N) is 2. The molecule has 2 aliphatic heterocycles. The highest BCUT2D eigenvalue weighted by Gasteiger charge is 2.50. The van der Waals surface area contributed by atoms with Gasteiger partial charge in [-0.25, -0.2) is 4.79 Å². The van der Waals surface area contributed by atoms with Gasteiger partial charge in [0.05, 0.1) is 6.61 Å². The first-order chi connectivity index (χ1) is 8.12. The van der Waals surface area contributed by atoms with Crippen molar-refractivity contribution in [3.05, 3.63) is 28.8 Å². The van der Waals surface area contributed by atoms with E-state index in [1.54, 1.807) is 18.2 Å². The lowest BCUT2D eigenvalue weighted by atomic mass is 9.85. The maximum Gasteiger partial charge on any atom is 0.322 e. The minimum Gasteiger partial charge on any atom is -0.493 e. The van der Waals surface area contributed by atoms with Crippen molar-refractivity contribution in [2.24, 2.45) is 0 Å². The van der Waals surface area contributed by atoms with E-state index in [0.717, 1.165) is 0 Å². The first-order valence-electron chi connectivity index (χ1n) is 5.18. The Bertz CT molecular complexity index is 531. The Balaban J connectivity index is 2.19. The van der Waals surface area contributed by atoms with Gasteiger partial charge in [0.1, 0.15) is 5.75 Å². The van der Waals surface area contributed by atoms with Gasteiger partial charge in [0, 0.05) is 17.0 Å². The molecule has 17 heavy (non-hydrogen) atoms. The lowest BCUT2D eigenvalue weighted by molar-refractivity contribution is -0.125. The summed E-state index contributed by atoms with van der Waals surface area (Å²) in [5, 5.41) is 5.42. The monoisotopic (exact) mass is 252 g/mol. The third kappa shape index (κ3) is 1.39. The van der Waals surface area contributed by atoms with Crippen LogP contribution in [0, 0.1) is 0 Å². The lowest BCUT2D eigenvalue weighted by Crippen LogP contribution is -2.47. The van der Waals surface area contributed by atoms with Gasteiger partial charge in [-0.15, -0.1) is 0 Å². The van der Waals surface area contributed by atoms with Gasteiger partial charge in [0.15, 0.2) is 5.54 Å². The van der Waals surface area contributed by atoms with E-state index in [-0.39, 0.29) is 5.91 Å². The van der Waals surface area contributed by atoms with Crippen molar-refractivity contribution in [3.8, 4) is 5.75 Å². The SMILES string of the molecule is O=C1NC(=O)[C@]2(CCOc3ccc(Cl)cc32)N1. The van der Waals surface area contributed by atoms with Crippen LogP contribution in [0.4, 0.5) is 4.79 Å². The van der Waals surface area contributed by atoms with Crippen molar-refractivity contribution in [1.29, 1.82) is 0 Å². The number of hydrogen-bond donors (Lipinski definition) is 2. The van der Waals surface area contributed by atoms with E-state index in [4.69, 9.17) is 16.3 Å². The topological polar surface area (TPSA) is 67.4 Å². The molecule has 0 unspecified atom stereocenters. The van der Waals surface area contributed by atoms with Crippen LogP contribution in [0.5, 0.6) is 5.75 Å². The molecule has 1 atom stereocenters. The third-order valence-corrected chi connectivity index (χ3v) is 3.31. The second-order valence-electron chi connectivity index (χ2n) is 4.05. The van der Waals surface area contributed by atoms with Gasteiger partial charge in [0.2, 0.25) is 0 Å². The predicted octanol–water partition coefficient (Wildman–Crippen LogP) is 1.16. The highest BCUT2D eigenvalue weighted by atomic mass is 35.5. The van der Waals surface area contributed by atoms with Crippen LogP contribution in [0.15, 0.2) is 18.2 Å².